The number of amides is 2. The van der Waals surface area contributed by atoms with Gasteiger partial charge in [-0.3, -0.25) is 14.5 Å². The molecule has 0 bridgehead atoms. The number of likely N-dealkylation sites (N-methyl/N-ethyl adjacent to an activating group) is 1. The molecule has 0 saturated carbocycles. The molecule has 0 atom stereocenters. The molecule has 0 heterocycles. The maximum absolute atomic E-state index is 13.0. The molecule has 0 fully saturated rings. The summed E-state index contributed by atoms with van der Waals surface area (Å²) in [6, 6.07) is 9.82. The van der Waals surface area contributed by atoms with Crippen molar-refractivity contribution in [1.29, 1.82) is 0 Å². The van der Waals surface area contributed by atoms with E-state index in [-0.39, 0.29) is 24.7 Å². The molecule has 2 N–H and O–H groups in total. The molecular weight excluding hydrogens is 407 g/mol. The van der Waals surface area contributed by atoms with Gasteiger partial charge in [-0.2, -0.15) is 13.2 Å². The largest absolute Gasteiger partial charge is 0.418 e. The van der Waals surface area contributed by atoms with E-state index in [1.807, 2.05) is 6.92 Å². The van der Waals surface area contributed by atoms with Crippen molar-refractivity contribution in [2.45, 2.75) is 20.0 Å². The van der Waals surface area contributed by atoms with Gasteiger partial charge in [-0.05, 0) is 43.3 Å². The van der Waals surface area contributed by atoms with E-state index >= 15 is 0 Å². The minimum absolute atomic E-state index is 0.101. The van der Waals surface area contributed by atoms with Crippen molar-refractivity contribution < 1.29 is 22.8 Å². The summed E-state index contributed by atoms with van der Waals surface area (Å²) in [5.41, 5.74) is 0.145. The van der Waals surface area contributed by atoms with Crippen molar-refractivity contribution in [2.75, 3.05) is 30.3 Å². The third kappa shape index (κ3) is 6.76. The quantitative estimate of drug-likeness (QED) is 0.680. The van der Waals surface area contributed by atoms with Crippen molar-refractivity contribution in [1.82, 2.24) is 4.90 Å². The Hall–Kier alpha value is -2.58. The zero-order valence-electron chi connectivity index (χ0n) is 15.9. The van der Waals surface area contributed by atoms with Crippen molar-refractivity contribution in [3.05, 3.63) is 58.6 Å². The minimum atomic E-state index is -4.58. The lowest BCUT2D eigenvalue weighted by molar-refractivity contribution is -0.137. The standard InChI is InChI=1S/C20H21ClF3N3O2/c1-3-27(11-18(28)25-14-9-8-13(2)16(21)10-14)12-19(29)26-17-7-5-4-6-15(17)20(22,23)24/h4-10H,3,11-12H2,1-2H3,(H,25,28)(H,26,29). The fourth-order valence-corrected chi connectivity index (χ4v) is 2.77. The van der Waals surface area contributed by atoms with E-state index in [0.29, 0.717) is 17.3 Å². The number of alkyl halides is 3. The minimum Gasteiger partial charge on any atom is -0.325 e. The van der Waals surface area contributed by atoms with Gasteiger partial charge in [-0.15, -0.1) is 0 Å². The van der Waals surface area contributed by atoms with Crippen LogP contribution in [0.15, 0.2) is 42.5 Å². The topological polar surface area (TPSA) is 61.4 Å². The second kappa shape index (κ2) is 9.76. The van der Waals surface area contributed by atoms with Gasteiger partial charge in [0.2, 0.25) is 11.8 Å². The molecule has 2 amide bonds. The highest BCUT2D eigenvalue weighted by atomic mass is 35.5. The van der Waals surface area contributed by atoms with Gasteiger partial charge in [-0.1, -0.05) is 36.7 Å². The molecule has 0 spiro atoms. The van der Waals surface area contributed by atoms with Gasteiger partial charge in [0, 0.05) is 10.7 Å². The number of benzene rings is 2. The van der Waals surface area contributed by atoms with Crippen LogP contribution in [-0.2, 0) is 15.8 Å². The van der Waals surface area contributed by atoms with Crippen LogP contribution in [0.2, 0.25) is 5.02 Å². The highest BCUT2D eigenvalue weighted by Crippen LogP contribution is 2.34. The molecule has 0 aliphatic carbocycles. The summed E-state index contributed by atoms with van der Waals surface area (Å²) in [5.74, 6) is -1.01. The van der Waals surface area contributed by atoms with E-state index in [1.54, 1.807) is 25.1 Å². The van der Waals surface area contributed by atoms with Crippen LogP contribution in [0.3, 0.4) is 0 Å². The predicted molar refractivity (Wildman–Crippen MR) is 107 cm³/mol. The summed E-state index contributed by atoms with van der Waals surface area (Å²) in [4.78, 5) is 26.0. The van der Waals surface area contributed by atoms with E-state index in [0.717, 1.165) is 11.6 Å². The van der Waals surface area contributed by atoms with Crippen molar-refractivity contribution in [2.24, 2.45) is 0 Å². The number of nitrogens with zero attached hydrogens (tertiary/aromatic N) is 1. The lowest BCUT2D eigenvalue weighted by Gasteiger charge is -2.20. The number of anilines is 2. The van der Waals surface area contributed by atoms with Crippen molar-refractivity contribution in [3.63, 3.8) is 0 Å². The van der Waals surface area contributed by atoms with E-state index < -0.39 is 17.6 Å². The van der Waals surface area contributed by atoms with Crippen LogP contribution < -0.4 is 10.6 Å². The maximum atomic E-state index is 13.0. The normalized spacial score (nSPS) is 11.4. The first kappa shape index (κ1) is 22.7. The number of carbonyl (C=O) groups is 2. The van der Waals surface area contributed by atoms with Crippen molar-refractivity contribution >= 4 is 34.8 Å². The van der Waals surface area contributed by atoms with Crippen LogP contribution in [-0.4, -0.2) is 36.3 Å². The second-order valence-corrected chi connectivity index (χ2v) is 6.81. The van der Waals surface area contributed by atoms with E-state index in [1.165, 1.54) is 23.1 Å². The summed E-state index contributed by atoms with van der Waals surface area (Å²) in [6.07, 6.45) is -4.58. The molecule has 156 valence electrons. The average Bonchev–Trinajstić information content (AvgIpc) is 2.63. The number of para-hydroxylation sites is 1. The smallest absolute Gasteiger partial charge is 0.325 e. The molecule has 0 unspecified atom stereocenters. The number of rotatable bonds is 7. The zero-order chi connectivity index (χ0) is 21.6. The van der Waals surface area contributed by atoms with E-state index in [9.17, 15) is 22.8 Å². The number of nitrogens with one attached hydrogen (secondary N) is 2. The van der Waals surface area contributed by atoms with Crippen LogP contribution in [0.4, 0.5) is 24.5 Å². The fraction of sp³-hybridized carbons (Fsp3) is 0.300. The Morgan fingerprint density at radius 2 is 1.66 bits per heavy atom. The van der Waals surface area contributed by atoms with E-state index in [2.05, 4.69) is 10.6 Å². The Kier molecular flexibility index (Phi) is 7.64. The van der Waals surface area contributed by atoms with Gasteiger partial charge in [0.15, 0.2) is 0 Å². The maximum Gasteiger partial charge on any atom is 0.418 e. The molecule has 0 aromatic heterocycles. The third-order valence-corrected chi connectivity index (χ3v) is 4.55. The van der Waals surface area contributed by atoms with Gasteiger partial charge in [-0.25, -0.2) is 0 Å². The lowest BCUT2D eigenvalue weighted by Crippen LogP contribution is -2.38. The summed E-state index contributed by atoms with van der Waals surface area (Å²) in [6.45, 7) is 3.60. The third-order valence-electron chi connectivity index (χ3n) is 4.14. The molecule has 29 heavy (non-hydrogen) atoms. The van der Waals surface area contributed by atoms with E-state index in [4.69, 9.17) is 11.6 Å². The number of carbonyl (C=O) groups excluding carboxylic acids is 2. The first-order valence-electron chi connectivity index (χ1n) is 8.84. The SMILES string of the molecule is CCN(CC(=O)Nc1ccc(C)c(Cl)c1)CC(=O)Nc1ccccc1C(F)(F)F. The first-order valence-corrected chi connectivity index (χ1v) is 9.22. The Morgan fingerprint density at radius 1 is 1.03 bits per heavy atom. The molecule has 0 aliphatic heterocycles. The number of hydrogen-bond donors (Lipinski definition) is 2. The predicted octanol–water partition coefficient (Wildman–Crippen LogP) is 4.57. The molecule has 0 aliphatic rings. The molecular formula is C20H21ClF3N3O2. The average molecular weight is 428 g/mol. The fourth-order valence-electron chi connectivity index (χ4n) is 2.59. The Balaban J connectivity index is 1.96. The highest BCUT2D eigenvalue weighted by molar-refractivity contribution is 6.31. The molecule has 9 heteroatoms. The molecule has 5 nitrogen and oxygen atoms in total. The number of aryl methyl sites for hydroxylation is 1. The summed E-state index contributed by atoms with van der Waals surface area (Å²) >= 11 is 6.03. The molecule has 2 rings (SSSR count). The van der Waals surface area contributed by atoms with Gasteiger partial charge in [0.25, 0.3) is 0 Å². The zero-order valence-corrected chi connectivity index (χ0v) is 16.7. The monoisotopic (exact) mass is 427 g/mol. The summed E-state index contributed by atoms with van der Waals surface area (Å²) in [5, 5.41) is 5.46. The Bertz CT molecular complexity index is 888. The van der Waals surface area contributed by atoms with Gasteiger partial charge >= 0.3 is 6.18 Å². The van der Waals surface area contributed by atoms with Crippen LogP contribution in [0, 0.1) is 6.92 Å². The Morgan fingerprint density at radius 3 is 2.24 bits per heavy atom. The molecule has 2 aromatic carbocycles. The number of hydrogen-bond acceptors (Lipinski definition) is 3. The lowest BCUT2D eigenvalue weighted by atomic mass is 10.1. The van der Waals surface area contributed by atoms with Crippen LogP contribution in [0.5, 0.6) is 0 Å². The van der Waals surface area contributed by atoms with Crippen LogP contribution in [0.25, 0.3) is 0 Å². The van der Waals surface area contributed by atoms with Crippen LogP contribution >= 0.6 is 11.6 Å². The highest BCUT2D eigenvalue weighted by Gasteiger charge is 2.33. The molecule has 0 radical (unpaired) electrons. The molecule has 2 aromatic rings. The van der Waals surface area contributed by atoms with Crippen LogP contribution in [0.1, 0.15) is 18.1 Å². The summed E-state index contributed by atoms with van der Waals surface area (Å²) < 4.78 is 39.1. The molecule has 0 saturated heterocycles. The number of halogens is 4. The Labute approximate surface area is 171 Å². The van der Waals surface area contributed by atoms with Gasteiger partial charge < -0.3 is 10.6 Å². The second-order valence-electron chi connectivity index (χ2n) is 6.41. The van der Waals surface area contributed by atoms with Gasteiger partial charge in [0.1, 0.15) is 0 Å². The summed E-state index contributed by atoms with van der Waals surface area (Å²) in [7, 11) is 0. The first-order chi connectivity index (χ1) is 13.6. The van der Waals surface area contributed by atoms with Crippen molar-refractivity contribution in [3.8, 4) is 0 Å². The van der Waals surface area contributed by atoms with Gasteiger partial charge in [0.05, 0.1) is 24.3 Å².